The van der Waals surface area contributed by atoms with Crippen LogP contribution in [-0.4, -0.2) is 94.3 Å². The maximum Gasteiger partial charge on any atom is 0.236 e. The van der Waals surface area contributed by atoms with E-state index >= 15 is 0 Å². The predicted molar refractivity (Wildman–Crippen MR) is 167 cm³/mol. The fourth-order valence-corrected chi connectivity index (χ4v) is 7.09. The van der Waals surface area contributed by atoms with Gasteiger partial charge in [-0.05, 0) is 38.7 Å². The maximum atomic E-state index is 13.9. The number of phenols is 2. The number of hydrazone groups is 1. The first kappa shape index (κ1) is 34.0. The van der Waals surface area contributed by atoms with E-state index in [2.05, 4.69) is 10.5 Å². The van der Waals surface area contributed by atoms with Crippen molar-refractivity contribution in [1.82, 2.24) is 5.43 Å². The van der Waals surface area contributed by atoms with Crippen LogP contribution in [0.2, 0.25) is 0 Å². The van der Waals surface area contributed by atoms with Crippen molar-refractivity contribution in [3.05, 3.63) is 51.6 Å². The van der Waals surface area contributed by atoms with Crippen LogP contribution in [-0.2, 0) is 30.2 Å². The fourth-order valence-electron chi connectivity index (χ4n) is 7.09. The number of rotatable bonds is 8. The molecule has 6 atom stereocenters. The molecule has 2 aromatic carbocycles. The highest BCUT2D eigenvalue weighted by molar-refractivity contribution is 6.31. The summed E-state index contributed by atoms with van der Waals surface area (Å²) in [6.45, 7) is 2.90. The molecule has 6 rings (SSSR count). The molecule has 1 unspecified atom stereocenters. The van der Waals surface area contributed by atoms with E-state index in [9.17, 15) is 34.8 Å². The van der Waals surface area contributed by atoms with Gasteiger partial charge in [0.25, 0.3) is 0 Å². The summed E-state index contributed by atoms with van der Waals surface area (Å²) >= 11 is 0. The van der Waals surface area contributed by atoms with Crippen molar-refractivity contribution >= 4 is 23.2 Å². The van der Waals surface area contributed by atoms with Crippen LogP contribution in [0.4, 0.5) is 0 Å². The number of benzene rings is 2. The van der Waals surface area contributed by atoms with E-state index in [1.165, 1.54) is 32.2 Å². The number of ketones is 2. The molecule has 2 aliphatic heterocycles. The Morgan fingerprint density at radius 1 is 1.04 bits per heavy atom. The zero-order chi connectivity index (χ0) is 34.3. The lowest BCUT2D eigenvalue weighted by Gasteiger charge is -2.42. The third-order valence-corrected chi connectivity index (χ3v) is 9.47. The number of amides is 1. The van der Waals surface area contributed by atoms with Crippen LogP contribution in [0.5, 0.6) is 17.2 Å². The topological polar surface area (TPSA) is 203 Å². The molecule has 48 heavy (non-hydrogen) atoms. The molecule has 1 amide bonds. The molecule has 4 aliphatic rings. The molecule has 14 nitrogen and oxygen atoms in total. The number of methoxy groups -OCH3 is 1. The van der Waals surface area contributed by atoms with Gasteiger partial charge in [-0.25, -0.2) is 5.43 Å². The number of hydrogen-bond acceptors (Lipinski definition) is 13. The summed E-state index contributed by atoms with van der Waals surface area (Å²) in [4.78, 5) is 39.4. The molecule has 0 radical (unpaired) electrons. The van der Waals surface area contributed by atoms with Crippen molar-refractivity contribution in [2.75, 3.05) is 20.3 Å². The first-order valence-electron chi connectivity index (χ1n) is 16.1. The molecule has 2 aromatic rings. The van der Waals surface area contributed by atoms with Gasteiger partial charge in [0.05, 0.1) is 54.4 Å². The van der Waals surface area contributed by atoms with Crippen molar-refractivity contribution < 1.29 is 58.5 Å². The standard InChI is InChI=1S/C34H40N2O12/c1-16-20(47-24-9-4-5-12-45-24)10-11-25(46-16)48-22-14-34(43,23(15-37)36-35-17(2)38)13-19-27(22)33(42)29-28(31(19)40)30(39)18-7-6-8-21(44-3)26(18)32(29)41/h6-8,16,20,22,24-25,37,40,42-43H,4-5,9-15H2,1-3H3,(H,35,38)/b36-23-/t16-,20-,22?,24+,25-,34-/m0/s1. The molecule has 2 saturated heterocycles. The molecule has 0 bridgehead atoms. The van der Waals surface area contributed by atoms with Crippen LogP contribution < -0.4 is 10.2 Å². The molecule has 2 heterocycles. The number of fused-ring (bicyclic) bond motifs is 3. The van der Waals surface area contributed by atoms with E-state index in [1.54, 1.807) is 0 Å². The summed E-state index contributed by atoms with van der Waals surface area (Å²) in [7, 11) is 1.35. The van der Waals surface area contributed by atoms with Gasteiger partial charge in [-0.3, -0.25) is 14.4 Å². The summed E-state index contributed by atoms with van der Waals surface area (Å²) in [6.07, 6.45) is -0.175. The second-order valence-electron chi connectivity index (χ2n) is 12.6. The van der Waals surface area contributed by atoms with Gasteiger partial charge in [0.15, 0.2) is 18.4 Å². The smallest absolute Gasteiger partial charge is 0.236 e. The number of carbonyl (C=O) groups excluding carboxylic acids is 3. The molecule has 2 fully saturated rings. The Morgan fingerprint density at radius 2 is 1.81 bits per heavy atom. The molecule has 0 aromatic heterocycles. The third-order valence-electron chi connectivity index (χ3n) is 9.47. The van der Waals surface area contributed by atoms with Gasteiger partial charge in [-0.15, -0.1) is 0 Å². The highest BCUT2D eigenvalue weighted by Crippen LogP contribution is 2.52. The largest absolute Gasteiger partial charge is 0.507 e. The van der Waals surface area contributed by atoms with Crippen LogP contribution in [0.1, 0.15) is 101 Å². The van der Waals surface area contributed by atoms with E-state index in [0.717, 1.165) is 19.3 Å². The number of aliphatic hydroxyl groups is 2. The number of nitrogens with zero attached hydrogens (tertiary/aromatic N) is 1. The van der Waals surface area contributed by atoms with E-state index in [-0.39, 0.29) is 52.5 Å². The van der Waals surface area contributed by atoms with Crippen molar-refractivity contribution in [3.8, 4) is 17.2 Å². The Labute approximate surface area is 276 Å². The highest BCUT2D eigenvalue weighted by atomic mass is 16.7. The van der Waals surface area contributed by atoms with Crippen molar-refractivity contribution in [2.24, 2.45) is 5.10 Å². The Bertz CT molecular complexity index is 1650. The predicted octanol–water partition coefficient (Wildman–Crippen LogP) is 2.54. The van der Waals surface area contributed by atoms with Gasteiger partial charge >= 0.3 is 0 Å². The Balaban J connectivity index is 1.39. The number of aromatic hydroxyl groups is 2. The summed E-state index contributed by atoms with van der Waals surface area (Å²) in [6, 6.07) is 4.46. The lowest BCUT2D eigenvalue weighted by atomic mass is 9.71. The van der Waals surface area contributed by atoms with Gasteiger partial charge in [0.2, 0.25) is 11.7 Å². The molecule has 0 saturated carbocycles. The first-order chi connectivity index (χ1) is 23.0. The number of hydrogen-bond donors (Lipinski definition) is 5. The van der Waals surface area contributed by atoms with Crippen molar-refractivity contribution in [1.29, 1.82) is 0 Å². The minimum atomic E-state index is -2.03. The Morgan fingerprint density at radius 3 is 2.48 bits per heavy atom. The molecular formula is C34H40N2O12. The normalized spacial score (nSPS) is 28.7. The molecule has 258 valence electrons. The minimum Gasteiger partial charge on any atom is -0.507 e. The zero-order valence-corrected chi connectivity index (χ0v) is 27.0. The summed E-state index contributed by atoms with van der Waals surface area (Å²) < 4.78 is 29.8. The fraction of sp³-hybridized carbons (Fsp3) is 0.529. The number of carbonyl (C=O) groups is 3. The van der Waals surface area contributed by atoms with Gasteiger partial charge in [0, 0.05) is 49.5 Å². The number of nitrogens with one attached hydrogen (secondary N) is 1. The number of aliphatic hydroxyl groups excluding tert-OH is 1. The van der Waals surface area contributed by atoms with Crippen molar-refractivity contribution in [2.45, 2.75) is 95.3 Å². The van der Waals surface area contributed by atoms with Gasteiger partial charge < -0.3 is 44.1 Å². The van der Waals surface area contributed by atoms with E-state index in [1.807, 2.05) is 6.92 Å². The molecule has 5 N–H and O–H groups in total. The van der Waals surface area contributed by atoms with Crippen LogP contribution in [0.15, 0.2) is 23.3 Å². The third kappa shape index (κ3) is 6.08. The average Bonchev–Trinajstić information content (AvgIpc) is 3.06. The number of phenolic OH excluding ortho intramolecular Hbond substituents is 2. The summed E-state index contributed by atoms with van der Waals surface area (Å²) in [5.74, 6) is -3.12. The second-order valence-corrected chi connectivity index (χ2v) is 12.6. The van der Waals surface area contributed by atoms with Crippen LogP contribution >= 0.6 is 0 Å². The highest BCUT2D eigenvalue weighted by Gasteiger charge is 2.49. The summed E-state index contributed by atoms with van der Waals surface area (Å²) in [5.41, 5.74) is -1.09. The Kier molecular flexibility index (Phi) is 9.57. The van der Waals surface area contributed by atoms with Gasteiger partial charge in [-0.2, -0.15) is 5.10 Å². The SMILES string of the molecule is COc1cccc2c1C(=O)c1c(O)c3c(c(O)c1C2=O)C[C@@](O)(/C(CO)=N\NC(C)=O)CC3O[C@H]1CC[C@H](O[C@@H]2CCCCO2)[C@H](C)O1. The average molecular weight is 669 g/mol. The monoisotopic (exact) mass is 668 g/mol. The zero-order valence-electron chi connectivity index (χ0n) is 27.0. The quantitative estimate of drug-likeness (QED) is 0.134. The van der Waals surface area contributed by atoms with E-state index < -0.39 is 77.2 Å². The van der Waals surface area contributed by atoms with Crippen LogP contribution in [0.3, 0.4) is 0 Å². The maximum absolute atomic E-state index is 13.9. The second kappa shape index (κ2) is 13.5. The lowest BCUT2D eigenvalue weighted by Crippen LogP contribution is -2.49. The lowest BCUT2D eigenvalue weighted by molar-refractivity contribution is -0.276. The van der Waals surface area contributed by atoms with Gasteiger partial charge in [0.1, 0.15) is 22.8 Å². The van der Waals surface area contributed by atoms with Crippen molar-refractivity contribution in [3.63, 3.8) is 0 Å². The van der Waals surface area contributed by atoms with Crippen LogP contribution in [0, 0.1) is 0 Å². The minimum absolute atomic E-state index is 0.0162. The Hall–Kier alpha value is -3.92. The van der Waals surface area contributed by atoms with Crippen LogP contribution in [0.25, 0.3) is 0 Å². The molecule has 0 spiro atoms. The molecule has 14 heteroatoms. The molecule has 2 aliphatic carbocycles. The number of ether oxygens (including phenoxy) is 5. The first-order valence-corrected chi connectivity index (χ1v) is 16.1. The van der Waals surface area contributed by atoms with E-state index in [4.69, 9.17) is 23.7 Å². The van der Waals surface area contributed by atoms with Gasteiger partial charge in [-0.1, -0.05) is 12.1 Å². The molecular weight excluding hydrogens is 628 g/mol. The summed E-state index contributed by atoms with van der Waals surface area (Å²) in [5, 5.41) is 49.6. The van der Waals surface area contributed by atoms with E-state index in [0.29, 0.717) is 19.4 Å².